The average molecular weight is 675 g/mol. The highest BCUT2D eigenvalue weighted by atomic mass is 16.6. The van der Waals surface area contributed by atoms with Crippen LogP contribution in [0.15, 0.2) is 60.9 Å². The predicted octanol–water partition coefficient (Wildman–Crippen LogP) is 4.67. The van der Waals surface area contributed by atoms with Crippen molar-refractivity contribution in [3.63, 3.8) is 0 Å². The fourth-order valence-corrected chi connectivity index (χ4v) is 5.38. The number of amides is 4. The summed E-state index contributed by atoms with van der Waals surface area (Å²) in [6.45, 7) is 13.1. The zero-order valence-electron chi connectivity index (χ0n) is 28.4. The highest BCUT2D eigenvalue weighted by molar-refractivity contribution is 6.05. The normalized spacial score (nSPS) is 15.3. The Morgan fingerprint density at radius 2 is 1.53 bits per heavy atom. The number of urea groups is 1. The van der Waals surface area contributed by atoms with Gasteiger partial charge in [-0.2, -0.15) is 0 Å². The third-order valence-electron chi connectivity index (χ3n) is 7.87. The number of pyridine rings is 2. The molecule has 14 heteroatoms. The zero-order chi connectivity index (χ0) is 34.6. The first kappa shape index (κ1) is 35.5. The van der Waals surface area contributed by atoms with Crippen molar-refractivity contribution in [3.05, 3.63) is 72.2 Å². The average Bonchev–Trinajstić information content (AvgIpc) is 3.09. The number of para-hydroxylation sites is 2. The lowest BCUT2D eigenvalue weighted by molar-refractivity contribution is 0.0365. The van der Waals surface area contributed by atoms with Gasteiger partial charge in [-0.15, -0.1) is 0 Å². The van der Waals surface area contributed by atoms with Crippen LogP contribution in [0.1, 0.15) is 43.2 Å². The summed E-state index contributed by atoms with van der Waals surface area (Å²) in [4.78, 5) is 54.2. The Hall–Kier alpha value is -4.79. The highest BCUT2D eigenvalue weighted by Crippen LogP contribution is 2.23. The second kappa shape index (κ2) is 17.0. The summed E-state index contributed by atoms with van der Waals surface area (Å²) in [5.41, 5.74) is 1.69. The van der Waals surface area contributed by atoms with Gasteiger partial charge in [-0.3, -0.25) is 20.0 Å². The van der Waals surface area contributed by atoms with Gasteiger partial charge in [-0.25, -0.2) is 14.6 Å². The minimum absolute atomic E-state index is 0.186. The maximum absolute atomic E-state index is 13.6. The molecule has 49 heavy (non-hydrogen) atoms. The maximum Gasteiger partial charge on any atom is 0.412 e. The van der Waals surface area contributed by atoms with Gasteiger partial charge in [-0.1, -0.05) is 18.2 Å². The predicted molar refractivity (Wildman–Crippen MR) is 187 cm³/mol. The van der Waals surface area contributed by atoms with E-state index in [-0.39, 0.29) is 11.7 Å². The van der Waals surface area contributed by atoms with Crippen molar-refractivity contribution in [2.45, 2.75) is 39.3 Å². The first-order valence-electron chi connectivity index (χ1n) is 16.6. The van der Waals surface area contributed by atoms with Gasteiger partial charge in [-0.05, 0) is 63.1 Å². The first-order valence-corrected chi connectivity index (χ1v) is 16.6. The Labute approximate surface area is 287 Å². The van der Waals surface area contributed by atoms with E-state index in [0.29, 0.717) is 43.4 Å². The minimum Gasteiger partial charge on any atom is -0.444 e. The van der Waals surface area contributed by atoms with Crippen molar-refractivity contribution in [2.24, 2.45) is 0 Å². The van der Waals surface area contributed by atoms with Gasteiger partial charge in [0.2, 0.25) is 0 Å². The molecule has 0 spiro atoms. The summed E-state index contributed by atoms with van der Waals surface area (Å²) in [5, 5.41) is 8.48. The van der Waals surface area contributed by atoms with E-state index < -0.39 is 17.6 Å². The van der Waals surface area contributed by atoms with Crippen LogP contribution >= 0.6 is 0 Å². The lowest BCUT2D eigenvalue weighted by Crippen LogP contribution is -2.40. The number of benzene rings is 1. The van der Waals surface area contributed by atoms with Crippen molar-refractivity contribution in [3.8, 4) is 0 Å². The molecule has 0 saturated carbocycles. The van der Waals surface area contributed by atoms with Gasteiger partial charge >= 0.3 is 12.1 Å². The van der Waals surface area contributed by atoms with Crippen LogP contribution in [0.2, 0.25) is 0 Å². The van der Waals surface area contributed by atoms with E-state index in [2.05, 4.69) is 35.7 Å². The van der Waals surface area contributed by atoms with Crippen molar-refractivity contribution in [2.75, 3.05) is 86.5 Å². The fraction of sp³-hybridized carbons (Fsp3) is 0.457. The molecule has 2 aliphatic heterocycles. The first-order chi connectivity index (χ1) is 23.6. The van der Waals surface area contributed by atoms with E-state index in [1.807, 2.05) is 12.1 Å². The van der Waals surface area contributed by atoms with Crippen LogP contribution < -0.4 is 20.9 Å². The van der Waals surface area contributed by atoms with E-state index in [9.17, 15) is 14.4 Å². The van der Waals surface area contributed by atoms with Crippen molar-refractivity contribution >= 4 is 40.9 Å². The molecule has 2 saturated heterocycles. The number of rotatable bonds is 11. The van der Waals surface area contributed by atoms with Crippen LogP contribution in [0.4, 0.5) is 32.5 Å². The monoisotopic (exact) mass is 674 g/mol. The molecule has 2 aromatic heterocycles. The lowest BCUT2D eigenvalue weighted by atomic mass is 10.2. The molecule has 0 bridgehead atoms. The van der Waals surface area contributed by atoms with E-state index >= 15 is 0 Å². The van der Waals surface area contributed by atoms with Crippen LogP contribution in [0.5, 0.6) is 0 Å². The van der Waals surface area contributed by atoms with Crippen LogP contribution in [0, 0.1) is 0 Å². The summed E-state index contributed by atoms with van der Waals surface area (Å²) in [6.07, 6.45) is 3.43. The minimum atomic E-state index is -0.668. The van der Waals surface area contributed by atoms with Crippen molar-refractivity contribution in [1.29, 1.82) is 0 Å². The molecule has 0 radical (unpaired) electrons. The topological polar surface area (TPSA) is 150 Å². The summed E-state index contributed by atoms with van der Waals surface area (Å²) in [6, 6.07) is 13.8. The molecule has 5 rings (SSSR count). The number of carbonyl (C=O) groups is 3. The van der Waals surface area contributed by atoms with Crippen molar-refractivity contribution < 1.29 is 28.6 Å². The molecular formula is C35H46N8O6. The number of ether oxygens (including phenoxy) is 3. The van der Waals surface area contributed by atoms with Crippen LogP contribution in [0.25, 0.3) is 0 Å². The number of carbonyl (C=O) groups excluding carboxylic acids is 3. The number of morpholine rings is 2. The molecule has 1 aromatic carbocycles. The zero-order valence-corrected chi connectivity index (χ0v) is 28.4. The molecule has 4 amide bonds. The molecule has 262 valence electrons. The molecular weight excluding hydrogens is 628 g/mol. The third kappa shape index (κ3) is 11.1. The van der Waals surface area contributed by atoms with Crippen LogP contribution in [-0.2, 0) is 20.8 Å². The van der Waals surface area contributed by atoms with Crippen LogP contribution in [0.3, 0.4) is 0 Å². The number of anilines is 4. The Balaban J connectivity index is 1.21. The molecule has 0 atom stereocenters. The van der Waals surface area contributed by atoms with Gasteiger partial charge in [0.05, 0.1) is 49.7 Å². The van der Waals surface area contributed by atoms with E-state index in [4.69, 9.17) is 14.2 Å². The molecule has 0 aliphatic carbocycles. The Morgan fingerprint density at radius 1 is 0.837 bits per heavy atom. The highest BCUT2D eigenvalue weighted by Gasteiger charge is 2.20. The number of hydrogen-bond donors (Lipinski definition) is 3. The number of aromatic nitrogens is 2. The molecule has 0 unspecified atom stereocenters. The number of hydrogen-bond acceptors (Lipinski definition) is 10. The van der Waals surface area contributed by atoms with Gasteiger partial charge in [0.1, 0.15) is 17.1 Å². The van der Waals surface area contributed by atoms with Crippen LogP contribution in [-0.4, -0.2) is 109 Å². The number of nitrogens with one attached hydrogen (secondary N) is 3. The largest absolute Gasteiger partial charge is 0.444 e. The molecule has 2 aliphatic rings. The quantitative estimate of drug-likeness (QED) is 0.262. The third-order valence-corrected chi connectivity index (χ3v) is 7.87. The smallest absolute Gasteiger partial charge is 0.412 e. The van der Waals surface area contributed by atoms with Crippen molar-refractivity contribution in [1.82, 2.24) is 19.8 Å². The molecule has 14 nitrogen and oxygen atoms in total. The number of nitrogens with zero attached hydrogens (tertiary/aromatic N) is 5. The second-order valence-corrected chi connectivity index (χ2v) is 12.8. The van der Waals surface area contributed by atoms with E-state index in [0.717, 1.165) is 63.7 Å². The van der Waals surface area contributed by atoms with E-state index in [1.54, 1.807) is 74.5 Å². The fourth-order valence-electron chi connectivity index (χ4n) is 5.38. The molecule has 3 aromatic rings. The SMILES string of the molecule is CC(C)(C)OC(=O)Nc1ccccc1NC(=O)c1ccc(CN(CCCN2CCOCC2)C(=O)Nc2ccc(N3CCOCC3)nc2)cn1. The van der Waals surface area contributed by atoms with Gasteiger partial charge in [0, 0.05) is 52.0 Å². The summed E-state index contributed by atoms with van der Waals surface area (Å²) in [7, 11) is 0. The Bertz CT molecular complexity index is 1530. The Kier molecular flexibility index (Phi) is 12.4. The molecule has 3 N–H and O–H groups in total. The summed E-state index contributed by atoms with van der Waals surface area (Å²) < 4.78 is 16.2. The summed E-state index contributed by atoms with van der Waals surface area (Å²) in [5.74, 6) is 0.403. The molecule has 4 heterocycles. The van der Waals surface area contributed by atoms with Gasteiger partial charge in [0.25, 0.3) is 5.91 Å². The molecule has 2 fully saturated rings. The Morgan fingerprint density at radius 3 is 2.16 bits per heavy atom. The van der Waals surface area contributed by atoms with E-state index in [1.165, 1.54) is 0 Å². The lowest BCUT2D eigenvalue weighted by Gasteiger charge is -2.29. The van der Waals surface area contributed by atoms with Gasteiger partial charge in [0.15, 0.2) is 0 Å². The summed E-state index contributed by atoms with van der Waals surface area (Å²) >= 11 is 0. The maximum atomic E-state index is 13.6. The van der Waals surface area contributed by atoms with Gasteiger partial charge < -0.3 is 34.6 Å². The standard InChI is InChI=1S/C35H46N8O6/c1-35(2,3)49-34(46)40-29-8-5-4-7-28(29)39-32(44)30-11-9-26(23-36-30)25-43(14-6-13-41-15-19-47-20-16-41)33(45)38-27-10-12-31(37-24-27)42-17-21-48-22-18-42/h4-5,7-12,23-24H,6,13-22,25H2,1-3H3,(H,38,45)(H,39,44)(H,40,46). The second-order valence-electron chi connectivity index (χ2n) is 12.8.